The fourth-order valence-corrected chi connectivity index (χ4v) is 9.99. The average Bonchev–Trinajstić information content (AvgIpc) is 3.95. The Morgan fingerprint density at radius 1 is 0.275 bits per heavy atom. The maximum absolute atomic E-state index is 5.01. The molecule has 13 rings (SSSR count). The smallest absolute Gasteiger partial charge is 0.164 e. The summed E-state index contributed by atoms with van der Waals surface area (Å²) < 4.78 is 4.76. The third kappa shape index (κ3) is 7.02. The largest absolute Gasteiger partial charge is 0.310 e. The van der Waals surface area contributed by atoms with E-state index in [1.54, 1.807) is 0 Å². The van der Waals surface area contributed by atoms with Crippen molar-refractivity contribution in [3.63, 3.8) is 0 Å². The lowest BCUT2D eigenvalue weighted by Gasteiger charge is -2.26. The maximum Gasteiger partial charge on any atom is 0.164 e. The number of anilines is 3. The van der Waals surface area contributed by atoms with Crippen molar-refractivity contribution in [1.82, 2.24) is 24.1 Å². The average molecular weight is 883 g/mol. The quantitative estimate of drug-likeness (QED) is 0.145. The Hall–Kier alpha value is -9.39. The van der Waals surface area contributed by atoms with Gasteiger partial charge in [0.2, 0.25) is 0 Å². The number of hydrogen-bond acceptors (Lipinski definition) is 4. The number of para-hydroxylation sites is 5. The SMILES string of the molecule is c1ccc(-c2nc(-c3ccccc3)nc(-c3ccc(-n4c5ccccc5c5cccc(-c6ccc(N(c7ccccc7)c7ccc8c(c7)c7ccccc7n8-c7ccccc7)cc6)c54)cc3)n2)cc1. The monoisotopic (exact) mass is 882 g/mol. The van der Waals surface area contributed by atoms with E-state index < -0.39 is 0 Å². The molecule has 0 saturated heterocycles. The van der Waals surface area contributed by atoms with Gasteiger partial charge in [-0.3, -0.25) is 0 Å². The first-order valence-corrected chi connectivity index (χ1v) is 23.3. The van der Waals surface area contributed by atoms with E-state index in [1.165, 1.54) is 32.6 Å². The molecule has 0 saturated carbocycles. The first kappa shape index (κ1) is 39.9. The van der Waals surface area contributed by atoms with Crippen LogP contribution in [0.1, 0.15) is 0 Å². The first-order chi connectivity index (χ1) is 34.2. The summed E-state index contributed by atoms with van der Waals surface area (Å²) >= 11 is 0. The highest BCUT2D eigenvalue weighted by molar-refractivity contribution is 6.14. The van der Waals surface area contributed by atoms with Crippen LogP contribution < -0.4 is 4.90 Å². The van der Waals surface area contributed by atoms with Gasteiger partial charge in [-0.05, 0) is 96.6 Å². The van der Waals surface area contributed by atoms with Gasteiger partial charge in [-0.1, -0.05) is 164 Å². The van der Waals surface area contributed by atoms with Crippen molar-refractivity contribution >= 4 is 60.7 Å². The zero-order valence-electron chi connectivity index (χ0n) is 37.4. The third-order valence-electron chi connectivity index (χ3n) is 13.2. The van der Waals surface area contributed by atoms with Gasteiger partial charge in [0.25, 0.3) is 0 Å². The zero-order chi connectivity index (χ0) is 45.7. The molecule has 10 aromatic carbocycles. The summed E-state index contributed by atoms with van der Waals surface area (Å²) in [7, 11) is 0. The predicted molar refractivity (Wildman–Crippen MR) is 285 cm³/mol. The molecule has 3 heterocycles. The summed E-state index contributed by atoms with van der Waals surface area (Å²) in [6, 6.07) is 90.0. The highest BCUT2D eigenvalue weighted by Gasteiger charge is 2.20. The normalized spacial score (nSPS) is 11.5. The second kappa shape index (κ2) is 16.8. The first-order valence-electron chi connectivity index (χ1n) is 23.3. The molecule has 3 aromatic heterocycles. The molecule has 6 nitrogen and oxygen atoms in total. The minimum atomic E-state index is 0.626. The summed E-state index contributed by atoms with van der Waals surface area (Å²) in [6.45, 7) is 0. The van der Waals surface area contributed by atoms with Gasteiger partial charge < -0.3 is 14.0 Å². The van der Waals surface area contributed by atoms with Gasteiger partial charge in [0.05, 0.1) is 22.1 Å². The third-order valence-corrected chi connectivity index (χ3v) is 13.2. The van der Waals surface area contributed by atoms with Gasteiger partial charge >= 0.3 is 0 Å². The Labute approximate surface area is 399 Å². The molecule has 0 unspecified atom stereocenters. The van der Waals surface area contributed by atoms with E-state index in [4.69, 9.17) is 15.0 Å². The van der Waals surface area contributed by atoms with Crippen LogP contribution in [-0.4, -0.2) is 24.1 Å². The Bertz CT molecular complexity index is 3920. The molecule has 0 radical (unpaired) electrons. The summed E-state index contributed by atoms with van der Waals surface area (Å²) in [4.78, 5) is 17.3. The van der Waals surface area contributed by atoms with E-state index in [9.17, 15) is 0 Å². The number of nitrogens with zero attached hydrogens (tertiary/aromatic N) is 6. The molecule has 0 spiro atoms. The molecule has 0 amide bonds. The fraction of sp³-hybridized carbons (Fsp3) is 0. The Morgan fingerprint density at radius 3 is 1.33 bits per heavy atom. The molecule has 69 heavy (non-hydrogen) atoms. The number of hydrogen-bond donors (Lipinski definition) is 0. The summed E-state index contributed by atoms with van der Waals surface area (Å²) in [5.41, 5.74) is 15.2. The molecule has 13 aromatic rings. The molecule has 0 fully saturated rings. The lowest BCUT2D eigenvalue weighted by Crippen LogP contribution is -2.09. The van der Waals surface area contributed by atoms with Gasteiger partial charge in [0.15, 0.2) is 17.5 Å². The predicted octanol–water partition coefficient (Wildman–Crippen LogP) is 16.2. The van der Waals surface area contributed by atoms with Crippen LogP contribution in [0.15, 0.2) is 255 Å². The molecule has 0 N–H and O–H groups in total. The van der Waals surface area contributed by atoms with Crippen LogP contribution in [0.25, 0.3) is 100 Å². The number of benzene rings is 10. The van der Waals surface area contributed by atoms with Gasteiger partial charge in [0.1, 0.15) is 0 Å². The molecule has 0 aliphatic carbocycles. The molecule has 324 valence electrons. The van der Waals surface area contributed by atoms with Gasteiger partial charge in [-0.25, -0.2) is 15.0 Å². The minimum Gasteiger partial charge on any atom is -0.310 e. The van der Waals surface area contributed by atoms with E-state index in [1.807, 2.05) is 60.7 Å². The molecule has 0 aliphatic rings. The molecular formula is C63H42N6. The van der Waals surface area contributed by atoms with E-state index in [0.717, 1.165) is 67.3 Å². The molecule has 6 heteroatoms. The number of fused-ring (bicyclic) bond motifs is 6. The van der Waals surface area contributed by atoms with Crippen molar-refractivity contribution in [2.75, 3.05) is 4.90 Å². The van der Waals surface area contributed by atoms with Crippen LogP contribution in [0, 0.1) is 0 Å². The lowest BCUT2D eigenvalue weighted by molar-refractivity contribution is 1.07. The van der Waals surface area contributed by atoms with Crippen molar-refractivity contribution in [1.29, 1.82) is 0 Å². The van der Waals surface area contributed by atoms with Gasteiger partial charge in [-0.2, -0.15) is 0 Å². The topological polar surface area (TPSA) is 51.8 Å². The van der Waals surface area contributed by atoms with E-state index in [-0.39, 0.29) is 0 Å². The molecular weight excluding hydrogens is 841 g/mol. The molecule has 0 bridgehead atoms. The Morgan fingerprint density at radius 2 is 0.710 bits per heavy atom. The Balaban J connectivity index is 0.909. The lowest BCUT2D eigenvalue weighted by atomic mass is 10.0. The highest BCUT2D eigenvalue weighted by Crippen LogP contribution is 2.42. The summed E-state index contributed by atoms with van der Waals surface area (Å²) in [6.07, 6.45) is 0. The number of aromatic nitrogens is 5. The van der Waals surface area contributed by atoms with E-state index >= 15 is 0 Å². The van der Waals surface area contributed by atoms with Crippen LogP contribution in [-0.2, 0) is 0 Å². The van der Waals surface area contributed by atoms with Crippen molar-refractivity contribution in [3.05, 3.63) is 255 Å². The summed E-state index contributed by atoms with van der Waals surface area (Å²) in [5.74, 6) is 1.91. The standard InChI is InChI=1S/C63H42N6/c1-5-18-44(19-6-1)61-64-62(45-20-7-2-8-21-45)66-63(65-61)46-34-38-50(39-35-46)69-58-31-16-13-26-53(58)55-29-17-28-52(60(55)69)43-32-36-49(37-33-43)67(47-22-9-3-10-23-47)51-40-41-59-56(42-51)54-27-14-15-30-57(54)68(59)48-24-11-4-12-25-48/h1-42H. The number of rotatable bonds is 9. The van der Waals surface area contributed by atoms with Crippen LogP contribution in [0.4, 0.5) is 17.1 Å². The molecule has 0 aliphatic heterocycles. The zero-order valence-corrected chi connectivity index (χ0v) is 37.4. The van der Waals surface area contributed by atoms with E-state index in [2.05, 4.69) is 208 Å². The van der Waals surface area contributed by atoms with Crippen LogP contribution in [0.5, 0.6) is 0 Å². The van der Waals surface area contributed by atoms with Gasteiger partial charge in [-0.15, -0.1) is 0 Å². The highest BCUT2D eigenvalue weighted by atomic mass is 15.1. The van der Waals surface area contributed by atoms with E-state index in [0.29, 0.717) is 17.5 Å². The van der Waals surface area contributed by atoms with Crippen LogP contribution in [0.2, 0.25) is 0 Å². The van der Waals surface area contributed by atoms with Crippen LogP contribution >= 0.6 is 0 Å². The second-order valence-electron chi connectivity index (χ2n) is 17.2. The van der Waals surface area contributed by atoms with Crippen molar-refractivity contribution in [3.8, 4) is 56.7 Å². The molecule has 0 atom stereocenters. The second-order valence-corrected chi connectivity index (χ2v) is 17.2. The fourth-order valence-electron chi connectivity index (χ4n) is 9.99. The van der Waals surface area contributed by atoms with Crippen LogP contribution in [0.3, 0.4) is 0 Å². The summed E-state index contributed by atoms with van der Waals surface area (Å²) in [5, 5.41) is 4.83. The van der Waals surface area contributed by atoms with Crippen molar-refractivity contribution < 1.29 is 0 Å². The maximum atomic E-state index is 5.01. The minimum absolute atomic E-state index is 0.626. The Kier molecular flexibility index (Phi) is 9.72. The van der Waals surface area contributed by atoms with Crippen molar-refractivity contribution in [2.24, 2.45) is 0 Å². The van der Waals surface area contributed by atoms with Crippen molar-refractivity contribution in [2.45, 2.75) is 0 Å². The van der Waals surface area contributed by atoms with Gasteiger partial charge in [0, 0.05) is 72.2 Å².